The second kappa shape index (κ2) is 19.7. The molecule has 0 aliphatic rings. The molecule has 0 bridgehead atoms. The van der Waals surface area contributed by atoms with Gasteiger partial charge in [-0.2, -0.15) is 0 Å². The van der Waals surface area contributed by atoms with E-state index in [0.717, 1.165) is 11.8 Å². The lowest BCUT2D eigenvalue weighted by Gasteiger charge is -2.26. The van der Waals surface area contributed by atoms with Crippen LogP contribution in [-0.4, -0.2) is 16.4 Å². The zero-order valence-corrected chi connectivity index (χ0v) is 19.2. The molecule has 2 atom stereocenters. The first-order chi connectivity index (χ1) is 12.7. The van der Waals surface area contributed by atoms with Gasteiger partial charge in [0.15, 0.2) is 0 Å². The first-order valence-electron chi connectivity index (χ1n) is 11.4. The number of unbranched alkanes of at least 4 members (excludes halogenated alkanes) is 10. The monoisotopic (exact) mass is 432 g/mol. The van der Waals surface area contributed by atoms with E-state index in [0.29, 0.717) is 18.3 Å². The Bertz CT molecular complexity index is 307. The van der Waals surface area contributed by atoms with Crippen molar-refractivity contribution in [1.29, 1.82) is 0 Å². The van der Waals surface area contributed by atoms with Crippen LogP contribution in [0, 0.1) is 11.8 Å². The Morgan fingerprint density at radius 1 is 0.692 bits per heavy atom. The van der Waals surface area contributed by atoms with Crippen LogP contribution in [0.2, 0.25) is 0 Å². The molecule has 2 unspecified atom stereocenters. The van der Waals surface area contributed by atoms with Crippen molar-refractivity contribution >= 4 is 21.9 Å². The van der Waals surface area contributed by atoms with E-state index in [2.05, 4.69) is 29.8 Å². The molecule has 0 rings (SSSR count). The summed E-state index contributed by atoms with van der Waals surface area (Å²) in [5.74, 6) is 0.412. The fraction of sp³-hybridized carbons (Fsp3) is 0.957. The molecule has 0 aliphatic heterocycles. The van der Waals surface area contributed by atoms with E-state index < -0.39 is 5.97 Å². The molecule has 156 valence electrons. The highest BCUT2D eigenvalue weighted by atomic mass is 79.9. The van der Waals surface area contributed by atoms with E-state index in [1.165, 1.54) is 96.3 Å². The Hall–Kier alpha value is -0.0500. The van der Waals surface area contributed by atoms with Crippen molar-refractivity contribution < 1.29 is 9.90 Å². The molecule has 0 spiro atoms. The average Bonchev–Trinajstić information content (AvgIpc) is 2.62. The Morgan fingerprint density at radius 3 is 1.62 bits per heavy atom. The van der Waals surface area contributed by atoms with Gasteiger partial charge in [0.25, 0.3) is 0 Å². The number of hydrogen-bond acceptors (Lipinski definition) is 1. The fourth-order valence-corrected chi connectivity index (χ4v) is 4.44. The maximum absolute atomic E-state index is 11.4. The van der Waals surface area contributed by atoms with Gasteiger partial charge in [-0.05, 0) is 24.7 Å². The van der Waals surface area contributed by atoms with Crippen LogP contribution in [0.5, 0.6) is 0 Å². The van der Waals surface area contributed by atoms with Gasteiger partial charge >= 0.3 is 5.97 Å². The van der Waals surface area contributed by atoms with Crippen LogP contribution in [-0.2, 0) is 4.79 Å². The summed E-state index contributed by atoms with van der Waals surface area (Å²) in [5, 5.41) is 10.5. The minimum Gasteiger partial charge on any atom is -0.481 e. The fourth-order valence-electron chi connectivity index (χ4n) is 4.04. The van der Waals surface area contributed by atoms with Crippen molar-refractivity contribution in [2.24, 2.45) is 11.8 Å². The number of hydrogen-bond donors (Lipinski definition) is 1. The minimum absolute atomic E-state index is 0.378. The molecule has 0 aromatic carbocycles. The summed E-state index contributed by atoms with van der Waals surface area (Å²) in [6.07, 6.45) is 20.8. The van der Waals surface area contributed by atoms with Crippen LogP contribution < -0.4 is 0 Å². The maximum atomic E-state index is 11.4. The average molecular weight is 434 g/mol. The molecule has 0 aromatic heterocycles. The smallest absolute Gasteiger partial charge is 0.303 e. The summed E-state index contributed by atoms with van der Waals surface area (Å²) in [6, 6.07) is 0. The lowest BCUT2D eigenvalue weighted by Crippen LogP contribution is -2.19. The van der Waals surface area contributed by atoms with Gasteiger partial charge in [0.2, 0.25) is 0 Å². The van der Waals surface area contributed by atoms with Gasteiger partial charge in [-0.25, -0.2) is 0 Å². The van der Waals surface area contributed by atoms with E-state index in [1.807, 2.05) is 0 Å². The zero-order chi connectivity index (χ0) is 19.5. The number of carboxylic acid groups (broad SMARTS) is 1. The third kappa shape index (κ3) is 16.1. The van der Waals surface area contributed by atoms with Gasteiger partial charge in [-0.1, -0.05) is 120 Å². The first-order valence-corrected chi connectivity index (χ1v) is 12.6. The van der Waals surface area contributed by atoms with Gasteiger partial charge in [-0.15, -0.1) is 0 Å². The Kier molecular flexibility index (Phi) is 19.7. The number of rotatable bonds is 20. The van der Waals surface area contributed by atoms with Crippen molar-refractivity contribution in [2.45, 2.75) is 123 Å². The zero-order valence-electron chi connectivity index (χ0n) is 17.6. The van der Waals surface area contributed by atoms with Gasteiger partial charge in [-0.3, -0.25) is 4.79 Å². The standard InChI is InChI=1S/C23H45BrO2/c1-3-5-7-9-10-13-17-21(16-12-8-6-4-2)22(20-23(25)26)18-14-11-15-19-24/h21-22H,3-20H2,1-2H3,(H,25,26). The molecule has 0 saturated carbocycles. The molecule has 0 aliphatic carbocycles. The largest absolute Gasteiger partial charge is 0.481 e. The highest BCUT2D eigenvalue weighted by Gasteiger charge is 2.23. The van der Waals surface area contributed by atoms with E-state index in [-0.39, 0.29) is 0 Å². The van der Waals surface area contributed by atoms with Crippen LogP contribution in [0.4, 0.5) is 0 Å². The second-order valence-corrected chi connectivity index (χ2v) is 8.86. The summed E-state index contributed by atoms with van der Waals surface area (Å²) in [4.78, 5) is 11.4. The van der Waals surface area contributed by atoms with Crippen LogP contribution in [0.25, 0.3) is 0 Å². The summed E-state index contributed by atoms with van der Waals surface area (Å²) < 4.78 is 0. The van der Waals surface area contributed by atoms with Crippen molar-refractivity contribution in [3.8, 4) is 0 Å². The summed E-state index contributed by atoms with van der Waals surface area (Å²) in [5.41, 5.74) is 0. The molecule has 0 fully saturated rings. The van der Waals surface area contributed by atoms with Gasteiger partial charge in [0, 0.05) is 11.8 Å². The molecule has 0 heterocycles. The Morgan fingerprint density at radius 2 is 1.12 bits per heavy atom. The van der Waals surface area contributed by atoms with Crippen LogP contribution >= 0.6 is 15.9 Å². The summed E-state index contributed by atoms with van der Waals surface area (Å²) >= 11 is 3.50. The highest BCUT2D eigenvalue weighted by molar-refractivity contribution is 9.09. The third-order valence-corrected chi connectivity index (χ3v) is 6.23. The predicted molar refractivity (Wildman–Crippen MR) is 118 cm³/mol. The van der Waals surface area contributed by atoms with Crippen LogP contribution in [0.3, 0.4) is 0 Å². The number of carboxylic acids is 1. The minimum atomic E-state index is -0.600. The predicted octanol–water partition coefficient (Wildman–Crippen LogP) is 8.37. The number of halogens is 1. The normalized spacial score (nSPS) is 13.7. The molecular weight excluding hydrogens is 388 g/mol. The van der Waals surface area contributed by atoms with Crippen molar-refractivity contribution in [3.05, 3.63) is 0 Å². The van der Waals surface area contributed by atoms with E-state index in [9.17, 15) is 9.90 Å². The quantitative estimate of drug-likeness (QED) is 0.155. The molecule has 0 amide bonds. The summed E-state index contributed by atoms with van der Waals surface area (Å²) in [7, 11) is 0. The van der Waals surface area contributed by atoms with Gasteiger partial charge in [0.05, 0.1) is 0 Å². The highest BCUT2D eigenvalue weighted by Crippen LogP contribution is 2.32. The molecule has 3 heteroatoms. The lowest BCUT2D eigenvalue weighted by atomic mass is 9.79. The number of alkyl halides is 1. The molecule has 2 nitrogen and oxygen atoms in total. The SMILES string of the molecule is CCCCCCCCC(CCCCCC)C(CCCCCBr)CC(=O)O. The van der Waals surface area contributed by atoms with Crippen molar-refractivity contribution in [2.75, 3.05) is 5.33 Å². The maximum Gasteiger partial charge on any atom is 0.303 e. The van der Waals surface area contributed by atoms with E-state index in [4.69, 9.17) is 0 Å². The van der Waals surface area contributed by atoms with Gasteiger partial charge in [0.1, 0.15) is 0 Å². The molecule has 1 N–H and O–H groups in total. The van der Waals surface area contributed by atoms with Gasteiger partial charge < -0.3 is 5.11 Å². The number of aliphatic carboxylic acids is 1. The topological polar surface area (TPSA) is 37.3 Å². The first kappa shape index (κ1) is 26.0. The van der Waals surface area contributed by atoms with Crippen LogP contribution in [0.15, 0.2) is 0 Å². The third-order valence-electron chi connectivity index (χ3n) is 5.67. The summed E-state index contributed by atoms with van der Waals surface area (Å²) in [6.45, 7) is 4.52. The molecule has 26 heavy (non-hydrogen) atoms. The lowest BCUT2D eigenvalue weighted by molar-refractivity contribution is -0.138. The molecule has 0 aromatic rings. The Labute approximate surface area is 172 Å². The van der Waals surface area contributed by atoms with Crippen molar-refractivity contribution in [1.82, 2.24) is 0 Å². The van der Waals surface area contributed by atoms with Crippen LogP contribution in [0.1, 0.15) is 123 Å². The second-order valence-electron chi connectivity index (χ2n) is 8.06. The van der Waals surface area contributed by atoms with Crippen molar-refractivity contribution in [3.63, 3.8) is 0 Å². The number of carbonyl (C=O) groups is 1. The van der Waals surface area contributed by atoms with E-state index >= 15 is 0 Å². The Balaban J connectivity index is 4.48. The molecule has 0 radical (unpaired) electrons. The van der Waals surface area contributed by atoms with E-state index in [1.54, 1.807) is 0 Å². The molecular formula is C23H45BrO2. The molecule has 0 saturated heterocycles.